The molecule has 0 heterocycles. The number of benzene rings is 2. The molecule has 0 fully saturated rings. The quantitative estimate of drug-likeness (QED) is 0.817. The average molecular weight is 303 g/mol. The second kappa shape index (κ2) is 7.14. The number of aromatic hydroxyl groups is 1. The smallest absolute Gasteiger partial charge is 0.124 e. The lowest BCUT2D eigenvalue weighted by Gasteiger charge is -2.21. The summed E-state index contributed by atoms with van der Waals surface area (Å²) in [5.41, 5.74) is 2.53. The summed E-state index contributed by atoms with van der Waals surface area (Å²) in [4.78, 5) is 6.58. The summed E-state index contributed by atoms with van der Waals surface area (Å²) >= 11 is 5.93. The largest absolute Gasteiger partial charge is 0.507 e. The van der Waals surface area contributed by atoms with Crippen LogP contribution in [0.5, 0.6) is 5.75 Å². The first-order chi connectivity index (χ1) is 10.1. The van der Waals surface area contributed by atoms with Gasteiger partial charge in [0.2, 0.25) is 0 Å². The van der Waals surface area contributed by atoms with Crippen molar-refractivity contribution in [1.29, 1.82) is 0 Å². The molecule has 4 heteroatoms. The van der Waals surface area contributed by atoms with Gasteiger partial charge in [0.25, 0.3) is 0 Å². The van der Waals surface area contributed by atoms with E-state index in [-0.39, 0.29) is 5.75 Å². The van der Waals surface area contributed by atoms with Crippen molar-refractivity contribution in [3.63, 3.8) is 0 Å². The summed E-state index contributed by atoms with van der Waals surface area (Å²) < 4.78 is 0. The van der Waals surface area contributed by atoms with Crippen molar-refractivity contribution in [3.8, 4) is 5.75 Å². The van der Waals surface area contributed by atoms with E-state index in [1.165, 1.54) is 0 Å². The van der Waals surface area contributed by atoms with Crippen LogP contribution in [-0.2, 0) is 0 Å². The molecule has 0 aliphatic heterocycles. The average Bonchev–Trinajstić information content (AvgIpc) is 2.49. The summed E-state index contributed by atoms with van der Waals surface area (Å²) in [6.07, 6.45) is 1.66. The van der Waals surface area contributed by atoms with E-state index in [2.05, 4.69) is 23.7 Å². The number of rotatable bonds is 5. The van der Waals surface area contributed by atoms with E-state index in [9.17, 15) is 5.11 Å². The third-order valence-electron chi connectivity index (χ3n) is 3.30. The number of phenolic OH excluding ortho intramolecular Hbond substituents is 1. The topological polar surface area (TPSA) is 35.8 Å². The van der Waals surface area contributed by atoms with Gasteiger partial charge in [-0.05, 0) is 50.2 Å². The van der Waals surface area contributed by atoms with Crippen LogP contribution < -0.4 is 4.90 Å². The maximum absolute atomic E-state index is 9.96. The zero-order valence-corrected chi connectivity index (χ0v) is 13.0. The van der Waals surface area contributed by atoms with Gasteiger partial charge in [-0.3, -0.25) is 4.99 Å². The fourth-order valence-electron chi connectivity index (χ4n) is 2.13. The Balaban J connectivity index is 2.28. The van der Waals surface area contributed by atoms with Gasteiger partial charge < -0.3 is 10.0 Å². The SMILES string of the molecule is CCN(CC)c1ccc(O)c(C=Nc2cccc(Cl)c2)c1. The predicted octanol–water partition coefficient (Wildman–Crippen LogP) is 4.64. The van der Waals surface area contributed by atoms with Crippen LogP contribution in [0, 0.1) is 0 Å². The Morgan fingerprint density at radius 1 is 1.14 bits per heavy atom. The van der Waals surface area contributed by atoms with Crippen LogP contribution in [-0.4, -0.2) is 24.4 Å². The summed E-state index contributed by atoms with van der Waals surface area (Å²) in [6, 6.07) is 12.9. The Hall–Kier alpha value is -2.00. The molecular formula is C17H19ClN2O. The molecule has 110 valence electrons. The van der Waals surface area contributed by atoms with Crippen LogP contribution in [0.2, 0.25) is 5.02 Å². The fraction of sp³-hybridized carbons (Fsp3) is 0.235. The number of halogens is 1. The first-order valence-corrected chi connectivity index (χ1v) is 7.39. The standard InChI is InChI=1S/C17H19ClN2O/c1-3-20(4-2)16-8-9-17(21)13(10-16)12-19-15-7-5-6-14(18)11-15/h5-12,21H,3-4H2,1-2H3. The Bertz CT molecular complexity index is 636. The van der Waals surface area contributed by atoms with Crippen molar-refractivity contribution >= 4 is 29.2 Å². The molecule has 2 aromatic rings. The van der Waals surface area contributed by atoms with Crippen LogP contribution in [0.1, 0.15) is 19.4 Å². The first kappa shape index (κ1) is 15.4. The maximum Gasteiger partial charge on any atom is 0.124 e. The molecule has 0 unspecified atom stereocenters. The second-order valence-electron chi connectivity index (χ2n) is 4.65. The first-order valence-electron chi connectivity index (χ1n) is 7.01. The number of aliphatic imine (C=N–C) groups is 1. The zero-order chi connectivity index (χ0) is 15.2. The molecule has 0 bridgehead atoms. The number of hydrogen-bond donors (Lipinski definition) is 1. The van der Waals surface area contributed by atoms with Crippen molar-refractivity contribution in [2.45, 2.75) is 13.8 Å². The summed E-state index contributed by atoms with van der Waals surface area (Å²) in [6.45, 7) is 6.06. The number of hydrogen-bond acceptors (Lipinski definition) is 3. The highest BCUT2D eigenvalue weighted by Gasteiger charge is 2.05. The van der Waals surface area contributed by atoms with Gasteiger partial charge in [0.05, 0.1) is 5.69 Å². The number of phenols is 1. The summed E-state index contributed by atoms with van der Waals surface area (Å²) in [7, 11) is 0. The Morgan fingerprint density at radius 3 is 2.57 bits per heavy atom. The van der Waals surface area contributed by atoms with E-state index in [4.69, 9.17) is 11.6 Å². The van der Waals surface area contributed by atoms with E-state index >= 15 is 0 Å². The zero-order valence-electron chi connectivity index (χ0n) is 12.3. The Morgan fingerprint density at radius 2 is 1.90 bits per heavy atom. The molecule has 0 spiro atoms. The summed E-state index contributed by atoms with van der Waals surface area (Å²) in [5, 5.41) is 10.6. The summed E-state index contributed by atoms with van der Waals surface area (Å²) in [5.74, 6) is 0.219. The van der Waals surface area contributed by atoms with Gasteiger partial charge in [-0.1, -0.05) is 17.7 Å². The van der Waals surface area contributed by atoms with Crippen LogP contribution in [0.4, 0.5) is 11.4 Å². The van der Waals surface area contributed by atoms with Gasteiger partial charge in [-0.15, -0.1) is 0 Å². The third-order valence-corrected chi connectivity index (χ3v) is 3.54. The van der Waals surface area contributed by atoms with Crippen LogP contribution >= 0.6 is 11.6 Å². The van der Waals surface area contributed by atoms with Gasteiger partial charge in [-0.2, -0.15) is 0 Å². The molecule has 0 radical (unpaired) electrons. The fourth-order valence-corrected chi connectivity index (χ4v) is 2.32. The Labute approximate surface area is 130 Å². The molecule has 3 nitrogen and oxygen atoms in total. The molecule has 0 amide bonds. The molecule has 0 saturated carbocycles. The molecule has 2 rings (SSSR count). The number of nitrogens with zero attached hydrogens (tertiary/aromatic N) is 2. The molecule has 1 N–H and O–H groups in total. The molecule has 0 aromatic heterocycles. The molecule has 0 saturated heterocycles. The molecule has 21 heavy (non-hydrogen) atoms. The molecular weight excluding hydrogens is 284 g/mol. The van der Waals surface area contributed by atoms with E-state index in [1.807, 2.05) is 24.3 Å². The van der Waals surface area contributed by atoms with Crippen molar-refractivity contribution in [1.82, 2.24) is 0 Å². The van der Waals surface area contributed by atoms with Crippen LogP contribution in [0.25, 0.3) is 0 Å². The minimum atomic E-state index is 0.219. The Kier molecular flexibility index (Phi) is 5.23. The highest BCUT2D eigenvalue weighted by atomic mass is 35.5. The van der Waals surface area contributed by atoms with E-state index in [0.29, 0.717) is 10.6 Å². The van der Waals surface area contributed by atoms with Gasteiger partial charge in [0.1, 0.15) is 5.75 Å². The van der Waals surface area contributed by atoms with E-state index in [0.717, 1.165) is 24.5 Å². The molecule has 0 aliphatic carbocycles. The highest BCUT2D eigenvalue weighted by Crippen LogP contribution is 2.24. The lowest BCUT2D eigenvalue weighted by molar-refractivity contribution is 0.474. The predicted molar refractivity (Wildman–Crippen MR) is 90.4 cm³/mol. The van der Waals surface area contributed by atoms with Crippen molar-refractivity contribution < 1.29 is 5.11 Å². The minimum Gasteiger partial charge on any atom is -0.507 e. The highest BCUT2D eigenvalue weighted by molar-refractivity contribution is 6.30. The van der Waals surface area contributed by atoms with Gasteiger partial charge in [0, 0.05) is 35.6 Å². The van der Waals surface area contributed by atoms with Crippen molar-refractivity contribution in [2.75, 3.05) is 18.0 Å². The van der Waals surface area contributed by atoms with Crippen molar-refractivity contribution in [3.05, 3.63) is 53.1 Å². The maximum atomic E-state index is 9.96. The second-order valence-corrected chi connectivity index (χ2v) is 5.09. The third kappa shape index (κ3) is 3.99. The van der Waals surface area contributed by atoms with Crippen molar-refractivity contribution in [2.24, 2.45) is 4.99 Å². The van der Waals surface area contributed by atoms with Gasteiger partial charge in [0.15, 0.2) is 0 Å². The molecule has 0 atom stereocenters. The van der Waals surface area contributed by atoms with E-state index in [1.54, 1.807) is 24.4 Å². The van der Waals surface area contributed by atoms with Gasteiger partial charge in [-0.25, -0.2) is 0 Å². The van der Waals surface area contributed by atoms with Gasteiger partial charge >= 0.3 is 0 Å². The monoisotopic (exact) mass is 302 g/mol. The van der Waals surface area contributed by atoms with Crippen LogP contribution in [0.3, 0.4) is 0 Å². The number of anilines is 1. The molecule has 2 aromatic carbocycles. The van der Waals surface area contributed by atoms with E-state index < -0.39 is 0 Å². The lowest BCUT2D eigenvalue weighted by Crippen LogP contribution is -2.21. The minimum absolute atomic E-state index is 0.219. The molecule has 0 aliphatic rings. The lowest BCUT2D eigenvalue weighted by atomic mass is 10.1. The normalized spacial score (nSPS) is 11.0. The van der Waals surface area contributed by atoms with Crippen LogP contribution in [0.15, 0.2) is 47.5 Å².